The highest BCUT2D eigenvalue weighted by Gasteiger charge is 2.20. The average Bonchev–Trinajstić information content (AvgIpc) is 3.27. The van der Waals surface area contributed by atoms with Crippen molar-refractivity contribution in [2.45, 2.75) is 24.8 Å². The van der Waals surface area contributed by atoms with Crippen LogP contribution in [0.3, 0.4) is 0 Å². The van der Waals surface area contributed by atoms with Crippen molar-refractivity contribution >= 4 is 38.6 Å². The molecular weight excluding hydrogens is 470 g/mol. The molecule has 2 aromatic heterocycles. The Morgan fingerprint density at radius 1 is 1.09 bits per heavy atom. The fourth-order valence-corrected chi connectivity index (χ4v) is 3.97. The normalized spacial score (nSPS) is 11.5. The quantitative estimate of drug-likeness (QED) is 0.376. The lowest BCUT2D eigenvalue weighted by atomic mass is 10.1. The molecule has 180 valence electrons. The minimum atomic E-state index is -3.84. The smallest absolute Gasteiger partial charge is 0.339 e. The SMILES string of the molecule is CC(C)n1ncc2c(C(=O)OCC(=O)Nc3ccc(S(N)(=O)=O)cc3)cc(-c3ccccc3)nc21. The number of amides is 1. The average molecular weight is 494 g/mol. The molecule has 0 aliphatic carbocycles. The summed E-state index contributed by atoms with van der Waals surface area (Å²) in [4.78, 5) is 29.9. The fraction of sp³-hybridized carbons (Fsp3) is 0.167. The summed E-state index contributed by atoms with van der Waals surface area (Å²) in [5.41, 5.74) is 2.50. The number of pyridine rings is 1. The van der Waals surface area contributed by atoms with Gasteiger partial charge >= 0.3 is 5.97 Å². The van der Waals surface area contributed by atoms with Gasteiger partial charge in [0.2, 0.25) is 10.0 Å². The van der Waals surface area contributed by atoms with Crippen LogP contribution >= 0.6 is 0 Å². The van der Waals surface area contributed by atoms with Crippen molar-refractivity contribution in [1.29, 1.82) is 0 Å². The molecule has 0 bridgehead atoms. The van der Waals surface area contributed by atoms with Crippen LogP contribution in [-0.2, 0) is 19.6 Å². The summed E-state index contributed by atoms with van der Waals surface area (Å²) in [7, 11) is -3.84. The Hall–Kier alpha value is -4.09. The van der Waals surface area contributed by atoms with Crippen molar-refractivity contribution in [3.63, 3.8) is 0 Å². The van der Waals surface area contributed by atoms with E-state index in [0.29, 0.717) is 22.4 Å². The van der Waals surface area contributed by atoms with Crippen LogP contribution in [0.2, 0.25) is 0 Å². The highest BCUT2D eigenvalue weighted by Crippen LogP contribution is 2.27. The maximum atomic E-state index is 13.0. The van der Waals surface area contributed by atoms with E-state index in [1.807, 2.05) is 44.2 Å². The first-order chi connectivity index (χ1) is 16.6. The molecule has 0 aliphatic heterocycles. The molecule has 4 aromatic rings. The van der Waals surface area contributed by atoms with Crippen LogP contribution in [-0.4, -0.2) is 41.7 Å². The van der Waals surface area contributed by atoms with Gasteiger partial charge in [-0.25, -0.2) is 28.0 Å². The van der Waals surface area contributed by atoms with E-state index in [1.165, 1.54) is 24.3 Å². The van der Waals surface area contributed by atoms with Crippen molar-refractivity contribution < 1.29 is 22.7 Å². The molecule has 11 heteroatoms. The number of primary sulfonamides is 1. The number of nitrogens with one attached hydrogen (secondary N) is 1. The molecule has 0 fully saturated rings. The zero-order valence-corrected chi connectivity index (χ0v) is 19.8. The molecule has 10 nitrogen and oxygen atoms in total. The van der Waals surface area contributed by atoms with Crippen molar-refractivity contribution in [2.24, 2.45) is 5.14 Å². The summed E-state index contributed by atoms with van der Waals surface area (Å²) >= 11 is 0. The molecule has 3 N–H and O–H groups in total. The van der Waals surface area contributed by atoms with Gasteiger partial charge in [0.25, 0.3) is 5.91 Å². The number of aromatic nitrogens is 3. The third-order valence-corrected chi connectivity index (χ3v) is 6.08. The van der Waals surface area contributed by atoms with Crippen LogP contribution in [0.1, 0.15) is 30.2 Å². The second-order valence-electron chi connectivity index (χ2n) is 8.03. The third-order valence-electron chi connectivity index (χ3n) is 5.15. The van der Waals surface area contributed by atoms with Crippen LogP contribution in [0.4, 0.5) is 5.69 Å². The van der Waals surface area contributed by atoms with E-state index in [2.05, 4.69) is 10.4 Å². The Balaban J connectivity index is 1.55. The Morgan fingerprint density at radius 2 is 1.77 bits per heavy atom. The summed E-state index contributed by atoms with van der Waals surface area (Å²) in [6, 6.07) is 16.3. The van der Waals surface area contributed by atoms with E-state index < -0.39 is 28.5 Å². The number of hydrogen-bond donors (Lipinski definition) is 2. The van der Waals surface area contributed by atoms with E-state index in [1.54, 1.807) is 16.9 Å². The zero-order chi connectivity index (χ0) is 25.2. The lowest BCUT2D eigenvalue weighted by molar-refractivity contribution is -0.119. The van der Waals surface area contributed by atoms with Crippen molar-refractivity contribution in [3.8, 4) is 11.3 Å². The molecule has 4 rings (SSSR count). The van der Waals surface area contributed by atoms with Crippen LogP contribution in [0.5, 0.6) is 0 Å². The number of ether oxygens (including phenoxy) is 1. The molecule has 0 unspecified atom stereocenters. The van der Waals surface area contributed by atoms with Crippen molar-refractivity contribution in [1.82, 2.24) is 14.8 Å². The van der Waals surface area contributed by atoms with E-state index >= 15 is 0 Å². The Bertz CT molecular complexity index is 1500. The number of esters is 1. The van der Waals surface area contributed by atoms with Gasteiger partial charge in [0.15, 0.2) is 12.3 Å². The maximum Gasteiger partial charge on any atom is 0.339 e. The lowest BCUT2D eigenvalue weighted by Crippen LogP contribution is -2.21. The third kappa shape index (κ3) is 5.36. The van der Waals surface area contributed by atoms with E-state index in [0.717, 1.165) is 5.56 Å². The van der Waals surface area contributed by atoms with Gasteiger partial charge in [0.1, 0.15) is 0 Å². The maximum absolute atomic E-state index is 13.0. The van der Waals surface area contributed by atoms with Crippen molar-refractivity contribution in [3.05, 3.63) is 72.4 Å². The first kappa shape index (κ1) is 24.0. The van der Waals surface area contributed by atoms with Gasteiger partial charge in [-0.1, -0.05) is 30.3 Å². The summed E-state index contributed by atoms with van der Waals surface area (Å²) in [6.07, 6.45) is 1.56. The first-order valence-corrected chi connectivity index (χ1v) is 12.2. The van der Waals surface area contributed by atoms with E-state index in [4.69, 9.17) is 14.9 Å². The zero-order valence-electron chi connectivity index (χ0n) is 19.0. The molecule has 1 amide bonds. The van der Waals surface area contributed by atoms with Crippen LogP contribution in [0.15, 0.2) is 71.8 Å². The molecule has 0 spiro atoms. The summed E-state index contributed by atoms with van der Waals surface area (Å²) in [5, 5.41) is 12.5. The van der Waals surface area contributed by atoms with Gasteiger partial charge in [-0.05, 0) is 44.2 Å². The highest BCUT2D eigenvalue weighted by atomic mass is 32.2. The predicted molar refractivity (Wildman–Crippen MR) is 130 cm³/mol. The minimum Gasteiger partial charge on any atom is -0.452 e. The standard InChI is InChI=1S/C24H23N5O5S/c1-15(2)29-23-20(13-26-29)19(12-21(28-23)16-6-4-3-5-7-16)24(31)34-14-22(30)27-17-8-10-18(11-9-17)35(25,32)33/h3-13,15H,14H2,1-2H3,(H,27,30)(H2,25,32,33). The number of carbonyl (C=O) groups is 2. The largest absolute Gasteiger partial charge is 0.452 e. The Kier molecular flexibility index (Phi) is 6.63. The van der Waals surface area contributed by atoms with Gasteiger partial charge in [0, 0.05) is 17.3 Å². The minimum absolute atomic E-state index is 0.0151. The summed E-state index contributed by atoms with van der Waals surface area (Å²) in [5.74, 6) is -1.29. The number of sulfonamides is 1. The fourth-order valence-electron chi connectivity index (χ4n) is 3.46. The molecule has 0 saturated carbocycles. The molecule has 2 aromatic carbocycles. The van der Waals surface area contributed by atoms with Gasteiger partial charge in [-0.3, -0.25) is 4.79 Å². The number of rotatable bonds is 7. The van der Waals surface area contributed by atoms with E-state index in [-0.39, 0.29) is 16.5 Å². The summed E-state index contributed by atoms with van der Waals surface area (Å²) in [6.45, 7) is 3.38. The number of fused-ring (bicyclic) bond motifs is 1. The molecule has 0 saturated heterocycles. The molecule has 2 heterocycles. The molecule has 0 atom stereocenters. The number of nitrogens with two attached hydrogens (primary N) is 1. The molecule has 35 heavy (non-hydrogen) atoms. The topological polar surface area (TPSA) is 146 Å². The van der Waals surface area contributed by atoms with Gasteiger partial charge < -0.3 is 10.1 Å². The van der Waals surface area contributed by atoms with Crippen LogP contribution in [0.25, 0.3) is 22.3 Å². The lowest BCUT2D eigenvalue weighted by Gasteiger charge is -2.11. The second kappa shape index (κ2) is 9.65. The monoisotopic (exact) mass is 493 g/mol. The number of anilines is 1. The Labute approximate surface area is 201 Å². The van der Waals surface area contributed by atoms with Crippen LogP contribution in [0, 0.1) is 0 Å². The highest BCUT2D eigenvalue weighted by molar-refractivity contribution is 7.89. The Morgan fingerprint density at radius 3 is 2.40 bits per heavy atom. The summed E-state index contributed by atoms with van der Waals surface area (Å²) < 4.78 is 29.7. The van der Waals surface area contributed by atoms with Gasteiger partial charge in [0.05, 0.1) is 27.7 Å². The van der Waals surface area contributed by atoms with Gasteiger partial charge in [-0.2, -0.15) is 5.10 Å². The first-order valence-electron chi connectivity index (χ1n) is 10.7. The number of benzene rings is 2. The molecule has 0 aliphatic rings. The second-order valence-corrected chi connectivity index (χ2v) is 9.60. The number of hydrogen-bond acceptors (Lipinski definition) is 7. The number of carbonyl (C=O) groups excluding carboxylic acids is 2. The number of nitrogens with zero attached hydrogens (tertiary/aromatic N) is 3. The van der Waals surface area contributed by atoms with Crippen LogP contribution < -0.4 is 10.5 Å². The molecular formula is C24H23N5O5S. The van der Waals surface area contributed by atoms with Gasteiger partial charge in [-0.15, -0.1) is 0 Å². The molecule has 0 radical (unpaired) electrons. The predicted octanol–water partition coefficient (Wildman–Crippen LogP) is 3.12. The van der Waals surface area contributed by atoms with E-state index in [9.17, 15) is 18.0 Å². The van der Waals surface area contributed by atoms with Crippen molar-refractivity contribution in [2.75, 3.05) is 11.9 Å².